The van der Waals surface area contributed by atoms with E-state index in [9.17, 15) is 0 Å². The Morgan fingerprint density at radius 2 is 2.14 bits per heavy atom. The Morgan fingerprint density at radius 1 is 1.29 bits per heavy atom. The van der Waals surface area contributed by atoms with Crippen LogP contribution >= 0.6 is 0 Å². The van der Waals surface area contributed by atoms with Gasteiger partial charge in [-0.1, -0.05) is 6.92 Å². The largest absolute Gasteiger partial charge is 0.316 e. The molecule has 2 heterocycles. The van der Waals surface area contributed by atoms with Gasteiger partial charge in [0.15, 0.2) is 0 Å². The molecule has 1 N–H and O–H groups in total. The minimum Gasteiger partial charge on any atom is -0.316 e. The number of rotatable bonds is 2. The van der Waals surface area contributed by atoms with Gasteiger partial charge in [-0.3, -0.25) is 0 Å². The van der Waals surface area contributed by atoms with Crippen molar-refractivity contribution >= 4 is 0 Å². The smallest absolute Gasteiger partial charge is 0.00695 e. The van der Waals surface area contributed by atoms with E-state index >= 15 is 0 Å². The summed E-state index contributed by atoms with van der Waals surface area (Å²) in [5.41, 5.74) is 0. The van der Waals surface area contributed by atoms with Gasteiger partial charge in [0.25, 0.3) is 0 Å². The molecule has 2 aliphatic rings. The Bertz CT molecular complexity index is 175. The maximum absolute atomic E-state index is 3.46. The average Bonchev–Trinajstić information content (AvgIpc) is 2.62. The lowest BCUT2D eigenvalue weighted by molar-refractivity contribution is 0.113. The summed E-state index contributed by atoms with van der Waals surface area (Å²) < 4.78 is 0. The van der Waals surface area contributed by atoms with E-state index in [1.54, 1.807) is 0 Å². The molecular formula is C12H24N2. The van der Waals surface area contributed by atoms with E-state index in [0.717, 1.165) is 17.9 Å². The van der Waals surface area contributed by atoms with Crippen LogP contribution in [0.3, 0.4) is 0 Å². The highest BCUT2D eigenvalue weighted by atomic mass is 15.2. The maximum Gasteiger partial charge on any atom is 0.00695 e. The molecule has 0 aromatic carbocycles. The molecular weight excluding hydrogens is 172 g/mol. The van der Waals surface area contributed by atoms with Crippen LogP contribution in [0.25, 0.3) is 0 Å². The number of hydrogen-bond donors (Lipinski definition) is 1. The monoisotopic (exact) mass is 196 g/mol. The molecule has 0 aromatic rings. The van der Waals surface area contributed by atoms with Crippen molar-refractivity contribution in [2.75, 3.05) is 26.2 Å². The van der Waals surface area contributed by atoms with E-state index < -0.39 is 0 Å². The van der Waals surface area contributed by atoms with Gasteiger partial charge in [0, 0.05) is 12.6 Å². The molecule has 2 unspecified atom stereocenters. The van der Waals surface area contributed by atoms with Crippen molar-refractivity contribution in [2.24, 2.45) is 11.8 Å². The third-order valence-corrected chi connectivity index (χ3v) is 3.93. The van der Waals surface area contributed by atoms with E-state index in [1.165, 1.54) is 45.4 Å². The molecule has 14 heavy (non-hydrogen) atoms. The highest BCUT2D eigenvalue weighted by Crippen LogP contribution is 2.23. The van der Waals surface area contributed by atoms with Crippen LogP contribution in [0.5, 0.6) is 0 Å². The lowest BCUT2D eigenvalue weighted by atomic mass is 9.92. The molecule has 82 valence electrons. The fourth-order valence-corrected chi connectivity index (χ4v) is 2.93. The van der Waals surface area contributed by atoms with Gasteiger partial charge in [0.05, 0.1) is 0 Å². The van der Waals surface area contributed by atoms with E-state index in [-0.39, 0.29) is 0 Å². The summed E-state index contributed by atoms with van der Waals surface area (Å²) in [6, 6.07) is 0.819. The molecule has 0 radical (unpaired) electrons. The number of likely N-dealkylation sites (tertiary alicyclic amines) is 1. The van der Waals surface area contributed by atoms with Crippen LogP contribution in [0.4, 0.5) is 0 Å². The minimum atomic E-state index is 0.819. The zero-order valence-electron chi connectivity index (χ0n) is 9.63. The number of hydrogen-bond acceptors (Lipinski definition) is 2. The SMILES string of the molecule is CC1CCN(C[C@H]2CCNC2)C(C)C1. The first-order valence-corrected chi connectivity index (χ1v) is 6.20. The lowest BCUT2D eigenvalue weighted by Crippen LogP contribution is -2.43. The molecule has 2 rings (SSSR count). The second kappa shape index (κ2) is 4.63. The highest BCUT2D eigenvalue weighted by molar-refractivity contribution is 4.81. The van der Waals surface area contributed by atoms with Crippen molar-refractivity contribution in [3.05, 3.63) is 0 Å². The summed E-state index contributed by atoms with van der Waals surface area (Å²) in [6.45, 7) is 9.95. The molecule has 0 bridgehead atoms. The first kappa shape index (κ1) is 10.4. The lowest BCUT2D eigenvalue weighted by Gasteiger charge is -2.37. The zero-order chi connectivity index (χ0) is 9.97. The molecule has 2 aliphatic heterocycles. The number of piperidine rings is 1. The summed E-state index contributed by atoms with van der Waals surface area (Å²) in [5.74, 6) is 1.87. The Labute approximate surface area is 88.1 Å². The summed E-state index contributed by atoms with van der Waals surface area (Å²) in [5, 5.41) is 3.46. The predicted molar refractivity (Wildman–Crippen MR) is 60.4 cm³/mol. The molecule has 0 aliphatic carbocycles. The van der Waals surface area contributed by atoms with Crippen molar-refractivity contribution in [2.45, 2.75) is 39.2 Å². The molecule has 0 aromatic heterocycles. The van der Waals surface area contributed by atoms with Gasteiger partial charge >= 0.3 is 0 Å². The highest BCUT2D eigenvalue weighted by Gasteiger charge is 2.25. The fourth-order valence-electron chi connectivity index (χ4n) is 2.93. The van der Waals surface area contributed by atoms with E-state index in [0.29, 0.717) is 0 Å². The second-order valence-corrected chi connectivity index (χ2v) is 5.33. The summed E-state index contributed by atoms with van der Waals surface area (Å²) in [6.07, 6.45) is 4.20. The van der Waals surface area contributed by atoms with Gasteiger partial charge in [-0.05, 0) is 57.7 Å². The van der Waals surface area contributed by atoms with Gasteiger partial charge in [-0.2, -0.15) is 0 Å². The van der Waals surface area contributed by atoms with Gasteiger partial charge < -0.3 is 10.2 Å². The third kappa shape index (κ3) is 2.48. The molecule has 2 nitrogen and oxygen atoms in total. The van der Waals surface area contributed by atoms with Gasteiger partial charge in [-0.15, -0.1) is 0 Å². The summed E-state index contributed by atoms with van der Waals surface area (Å²) in [4.78, 5) is 2.71. The normalized spacial score (nSPS) is 40.3. The second-order valence-electron chi connectivity index (χ2n) is 5.33. The van der Waals surface area contributed by atoms with Crippen molar-refractivity contribution in [1.29, 1.82) is 0 Å². The fraction of sp³-hybridized carbons (Fsp3) is 1.00. The Kier molecular flexibility index (Phi) is 3.45. The molecule has 0 spiro atoms. The van der Waals surface area contributed by atoms with Crippen molar-refractivity contribution in [3.63, 3.8) is 0 Å². The van der Waals surface area contributed by atoms with Gasteiger partial charge in [0.1, 0.15) is 0 Å². The Hall–Kier alpha value is -0.0800. The van der Waals surface area contributed by atoms with Crippen LogP contribution in [0.15, 0.2) is 0 Å². The maximum atomic E-state index is 3.46. The van der Waals surface area contributed by atoms with Crippen LogP contribution in [0, 0.1) is 11.8 Å². The van der Waals surface area contributed by atoms with Crippen molar-refractivity contribution in [1.82, 2.24) is 10.2 Å². The molecule has 3 atom stereocenters. The van der Waals surface area contributed by atoms with E-state index in [2.05, 4.69) is 24.1 Å². The van der Waals surface area contributed by atoms with Gasteiger partial charge in [0.2, 0.25) is 0 Å². The Balaban J connectivity index is 1.79. The topological polar surface area (TPSA) is 15.3 Å². The predicted octanol–water partition coefficient (Wildman–Crippen LogP) is 1.72. The zero-order valence-corrected chi connectivity index (χ0v) is 9.63. The van der Waals surface area contributed by atoms with Gasteiger partial charge in [-0.25, -0.2) is 0 Å². The minimum absolute atomic E-state index is 0.819. The molecule has 0 amide bonds. The molecule has 2 saturated heterocycles. The van der Waals surface area contributed by atoms with Crippen LogP contribution in [-0.2, 0) is 0 Å². The summed E-state index contributed by atoms with van der Waals surface area (Å²) >= 11 is 0. The van der Waals surface area contributed by atoms with Crippen LogP contribution in [0.2, 0.25) is 0 Å². The Morgan fingerprint density at radius 3 is 2.79 bits per heavy atom. The first-order valence-electron chi connectivity index (χ1n) is 6.20. The number of nitrogens with one attached hydrogen (secondary N) is 1. The first-order chi connectivity index (χ1) is 6.75. The van der Waals surface area contributed by atoms with Crippen molar-refractivity contribution in [3.8, 4) is 0 Å². The number of nitrogens with zero attached hydrogens (tertiary/aromatic N) is 1. The molecule has 2 fully saturated rings. The average molecular weight is 196 g/mol. The van der Waals surface area contributed by atoms with Crippen LogP contribution in [0.1, 0.15) is 33.1 Å². The van der Waals surface area contributed by atoms with Crippen LogP contribution < -0.4 is 5.32 Å². The molecule has 0 saturated carbocycles. The van der Waals surface area contributed by atoms with Crippen molar-refractivity contribution < 1.29 is 0 Å². The third-order valence-electron chi connectivity index (χ3n) is 3.93. The van der Waals surface area contributed by atoms with E-state index in [1.807, 2.05) is 0 Å². The quantitative estimate of drug-likeness (QED) is 0.723. The van der Waals surface area contributed by atoms with E-state index in [4.69, 9.17) is 0 Å². The van der Waals surface area contributed by atoms with Crippen LogP contribution in [-0.4, -0.2) is 37.1 Å². The standard InChI is InChI=1S/C12H24N2/c1-10-4-6-14(11(2)7-10)9-12-3-5-13-8-12/h10-13H,3-9H2,1-2H3/t10?,11?,12-/m0/s1. The molecule has 2 heteroatoms. The summed E-state index contributed by atoms with van der Waals surface area (Å²) in [7, 11) is 0.